The molecule has 1 fully saturated rings. The van der Waals surface area contributed by atoms with Crippen LogP contribution in [-0.2, 0) is 11.2 Å². The molecule has 0 spiro atoms. The number of aryl methyl sites for hydroxylation is 2. The summed E-state index contributed by atoms with van der Waals surface area (Å²) in [4.78, 5) is 12.4. The molecular weight excluding hydrogens is 430 g/mol. The number of benzene rings is 2. The van der Waals surface area contributed by atoms with Crippen LogP contribution in [0.25, 0.3) is 11.4 Å². The highest BCUT2D eigenvalue weighted by Crippen LogP contribution is 2.35. The van der Waals surface area contributed by atoms with E-state index in [0.717, 1.165) is 41.4 Å². The predicted molar refractivity (Wildman–Crippen MR) is 135 cm³/mol. The summed E-state index contributed by atoms with van der Waals surface area (Å²) in [5.41, 5.74) is 7.14. The van der Waals surface area contributed by atoms with Gasteiger partial charge in [0.2, 0.25) is 0 Å². The van der Waals surface area contributed by atoms with Crippen molar-refractivity contribution in [1.29, 1.82) is 0 Å². The fourth-order valence-electron chi connectivity index (χ4n) is 4.12. The van der Waals surface area contributed by atoms with Crippen LogP contribution in [0.1, 0.15) is 61.8 Å². The van der Waals surface area contributed by atoms with Gasteiger partial charge in [-0.2, -0.15) is 5.10 Å². The third kappa shape index (κ3) is 6.11. The zero-order valence-corrected chi connectivity index (χ0v) is 20.1. The summed E-state index contributed by atoms with van der Waals surface area (Å²) in [5.74, 6) is 0.972. The van der Waals surface area contributed by atoms with Crippen LogP contribution < -0.4 is 5.43 Å². The van der Waals surface area contributed by atoms with E-state index in [2.05, 4.69) is 75.5 Å². The van der Waals surface area contributed by atoms with E-state index < -0.39 is 0 Å². The van der Waals surface area contributed by atoms with Gasteiger partial charge in [-0.25, -0.2) is 5.43 Å². The molecule has 6 nitrogen and oxygen atoms in total. The highest BCUT2D eigenvalue weighted by Gasteiger charge is 2.24. The molecule has 4 rings (SSSR count). The molecule has 0 aliphatic heterocycles. The molecule has 1 N–H and O–H groups in total. The van der Waals surface area contributed by atoms with E-state index >= 15 is 0 Å². The first-order chi connectivity index (χ1) is 16.1. The van der Waals surface area contributed by atoms with Crippen molar-refractivity contribution in [1.82, 2.24) is 20.2 Å². The Morgan fingerprint density at radius 3 is 2.52 bits per heavy atom. The van der Waals surface area contributed by atoms with Crippen LogP contribution >= 0.6 is 11.8 Å². The number of carbonyl (C=O) groups is 1. The Labute approximate surface area is 199 Å². The molecule has 0 atom stereocenters. The number of thioether (sulfide) groups is 1. The predicted octanol–water partition coefficient (Wildman–Crippen LogP) is 5.56. The van der Waals surface area contributed by atoms with Crippen LogP contribution in [0, 0.1) is 6.92 Å². The van der Waals surface area contributed by atoms with E-state index in [1.807, 2.05) is 12.1 Å². The minimum atomic E-state index is -0.156. The molecule has 1 aromatic heterocycles. The molecule has 0 unspecified atom stereocenters. The summed E-state index contributed by atoms with van der Waals surface area (Å²) in [6, 6.07) is 16.9. The maximum atomic E-state index is 12.4. The van der Waals surface area contributed by atoms with Crippen LogP contribution in [0.5, 0.6) is 0 Å². The summed E-state index contributed by atoms with van der Waals surface area (Å²) < 4.78 is 2.25. The van der Waals surface area contributed by atoms with Gasteiger partial charge in [-0.1, -0.05) is 92.0 Å². The number of aromatic nitrogens is 3. The van der Waals surface area contributed by atoms with Gasteiger partial charge in [-0.15, -0.1) is 10.2 Å². The molecular formula is C26H31N5OS. The van der Waals surface area contributed by atoms with Gasteiger partial charge in [0, 0.05) is 11.6 Å². The van der Waals surface area contributed by atoms with Crippen molar-refractivity contribution < 1.29 is 4.79 Å². The Kier molecular flexibility index (Phi) is 7.94. The second kappa shape index (κ2) is 11.3. The number of hydrogen-bond donors (Lipinski definition) is 1. The van der Waals surface area contributed by atoms with E-state index in [1.165, 1.54) is 42.2 Å². The summed E-state index contributed by atoms with van der Waals surface area (Å²) in [7, 11) is 0. The normalized spacial score (nSPS) is 14.6. The fourth-order valence-corrected chi connectivity index (χ4v) is 4.92. The van der Waals surface area contributed by atoms with Gasteiger partial charge in [-0.05, 0) is 37.3 Å². The van der Waals surface area contributed by atoms with Crippen molar-refractivity contribution in [3.8, 4) is 11.4 Å². The summed E-state index contributed by atoms with van der Waals surface area (Å²) >= 11 is 1.42. The lowest BCUT2D eigenvalue weighted by molar-refractivity contribution is -0.118. The monoisotopic (exact) mass is 461 g/mol. The van der Waals surface area contributed by atoms with Crippen molar-refractivity contribution in [3.05, 3.63) is 65.2 Å². The van der Waals surface area contributed by atoms with Crippen molar-refractivity contribution in [3.63, 3.8) is 0 Å². The lowest BCUT2D eigenvalue weighted by atomic mass is 9.95. The molecule has 0 radical (unpaired) electrons. The molecule has 2 aromatic carbocycles. The second-order valence-corrected chi connectivity index (χ2v) is 9.45. The Hall–Kier alpha value is -2.93. The zero-order valence-electron chi connectivity index (χ0n) is 19.3. The standard InChI is InChI=1S/C26H31N5OS/c1-3-20-11-13-21(14-12-20)17-27-28-24(32)18-33-26-30-29-25(22-15-9-19(2)10-16-22)31(26)23-7-5-4-6-8-23/h9-17,23H,3-8,18H2,1-2H3,(H,28,32)/b27-17-. The lowest BCUT2D eigenvalue weighted by Crippen LogP contribution is -2.20. The maximum Gasteiger partial charge on any atom is 0.250 e. The van der Waals surface area contributed by atoms with Gasteiger partial charge in [0.15, 0.2) is 11.0 Å². The quantitative estimate of drug-likeness (QED) is 0.271. The SMILES string of the molecule is CCc1ccc(/C=N\NC(=O)CSc2nnc(-c3ccc(C)cc3)n2C2CCCCC2)cc1. The van der Waals surface area contributed by atoms with Gasteiger partial charge in [0.25, 0.3) is 5.91 Å². The van der Waals surface area contributed by atoms with E-state index in [0.29, 0.717) is 6.04 Å². The smallest absolute Gasteiger partial charge is 0.250 e. The number of nitrogens with zero attached hydrogens (tertiary/aromatic N) is 4. The van der Waals surface area contributed by atoms with Crippen LogP contribution in [-0.4, -0.2) is 32.6 Å². The first-order valence-corrected chi connectivity index (χ1v) is 12.7. The van der Waals surface area contributed by atoms with Crippen LogP contribution in [0.2, 0.25) is 0 Å². The summed E-state index contributed by atoms with van der Waals surface area (Å²) in [6.07, 6.45) is 8.63. The topological polar surface area (TPSA) is 72.2 Å². The van der Waals surface area contributed by atoms with E-state index in [4.69, 9.17) is 0 Å². The van der Waals surface area contributed by atoms with Crippen molar-refractivity contribution in [2.45, 2.75) is 63.6 Å². The Balaban J connectivity index is 1.42. The Morgan fingerprint density at radius 2 is 1.82 bits per heavy atom. The van der Waals surface area contributed by atoms with Crippen LogP contribution in [0.3, 0.4) is 0 Å². The third-order valence-electron chi connectivity index (χ3n) is 6.04. The minimum absolute atomic E-state index is 0.156. The van der Waals surface area contributed by atoms with Gasteiger partial charge in [0.1, 0.15) is 0 Å². The van der Waals surface area contributed by atoms with Crippen molar-refractivity contribution >= 4 is 23.9 Å². The Morgan fingerprint density at radius 1 is 1.09 bits per heavy atom. The number of carbonyl (C=O) groups excluding carboxylic acids is 1. The average Bonchev–Trinajstić information content (AvgIpc) is 3.28. The molecule has 33 heavy (non-hydrogen) atoms. The van der Waals surface area contributed by atoms with E-state index in [1.54, 1.807) is 6.21 Å². The van der Waals surface area contributed by atoms with E-state index in [-0.39, 0.29) is 11.7 Å². The molecule has 7 heteroatoms. The zero-order chi connectivity index (χ0) is 23.0. The molecule has 0 saturated heterocycles. The molecule has 1 aliphatic carbocycles. The molecule has 1 amide bonds. The van der Waals surface area contributed by atoms with Crippen LogP contribution in [0.15, 0.2) is 58.8 Å². The van der Waals surface area contributed by atoms with E-state index in [9.17, 15) is 4.79 Å². The molecule has 3 aromatic rings. The third-order valence-corrected chi connectivity index (χ3v) is 6.98. The molecule has 1 heterocycles. The summed E-state index contributed by atoms with van der Waals surface area (Å²) in [6.45, 7) is 4.21. The minimum Gasteiger partial charge on any atom is -0.299 e. The number of nitrogens with one attached hydrogen (secondary N) is 1. The highest BCUT2D eigenvalue weighted by molar-refractivity contribution is 7.99. The second-order valence-electron chi connectivity index (χ2n) is 8.51. The molecule has 1 aliphatic rings. The highest BCUT2D eigenvalue weighted by atomic mass is 32.2. The first kappa shape index (κ1) is 23.2. The fraction of sp³-hybridized carbons (Fsp3) is 0.385. The number of rotatable bonds is 8. The average molecular weight is 462 g/mol. The largest absolute Gasteiger partial charge is 0.299 e. The maximum absolute atomic E-state index is 12.4. The van der Waals surface area contributed by atoms with Crippen molar-refractivity contribution in [2.24, 2.45) is 5.10 Å². The van der Waals surface area contributed by atoms with Gasteiger partial charge in [0.05, 0.1) is 12.0 Å². The number of hydrogen-bond acceptors (Lipinski definition) is 5. The van der Waals surface area contributed by atoms with Gasteiger partial charge >= 0.3 is 0 Å². The lowest BCUT2D eigenvalue weighted by Gasteiger charge is -2.25. The molecule has 1 saturated carbocycles. The summed E-state index contributed by atoms with van der Waals surface area (Å²) in [5, 5.41) is 13.9. The Bertz CT molecular complexity index is 1080. The first-order valence-electron chi connectivity index (χ1n) is 11.7. The van der Waals surface area contributed by atoms with Gasteiger partial charge < -0.3 is 0 Å². The molecule has 0 bridgehead atoms. The van der Waals surface area contributed by atoms with Crippen molar-refractivity contribution in [2.75, 3.05) is 5.75 Å². The number of amides is 1. The van der Waals surface area contributed by atoms with Gasteiger partial charge in [-0.3, -0.25) is 9.36 Å². The number of hydrazone groups is 1. The molecule has 172 valence electrons. The van der Waals surface area contributed by atoms with Crippen LogP contribution in [0.4, 0.5) is 0 Å².